The first-order chi connectivity index (χ1) is 9.51. The van der Waals surface area contributed by atoms with Gasteiger partial charge in [0.25, 0.3) is 10.0 Å². The molecule has 0 saturated carbocycles. The van der Waals surface area contributed by atoms with Gasteiger partial charge in [-0.3, -0.25) is 0 Å². The SMILES string of the molecule is CNCc1ccc(S(=O)(=O)NC(C)Cc2cccs2)o1. The molecular weight excluding hydrogens is 296 g/mol. The molecule has 1 unspecified atom stereocenters. The number of hydrogen-bond acceptors (Lipinski definition) is 5. The summed E-state index contributed by atoms with van der Waals surface area (Å²) >= 11 is 1.62. The Labute approximate surface area is 123 Å². The minimum absolute atomic E-state index is 0.0409. The van der Waals surface area contributed by atoms with Crippen molar-refractivity contribution in [2.75, 3.05) is 7.05 Å². The van der Waals surface area contributed by atoms with Crippen LogP contribution < -0.4 is 10.0 Å². The molecule has 110 valence electrons. The molecule has 0 saturated heterocycles. The van der Waals surface area contributed by atoms with E-state index in [4.69, 9.17) is 4.42 Å². The number of rotatable bonds is 7. The van der Waals surface area contributed by atoms with Crippen molar-refractivity contribution in [1.29, 1.82) is 0 Å². The topological polar surface area (TPSA) is 71.3 Å². The lowest BCUT2D eigenvalue weighted by Crippen LogP contribution is -2.33. The maximum Gasteiger partial charge on any atom is 0.274 e. The number of thiophene rings is 1. The standard InChI is InChI=1S/C13H18N2O3S2/c1-10(8-12-4-3-7-19-12)15-20(16,17)13-6-5-11(18-13)9-14-2/h3-7,10,14-15H,8-9H2,1-2H3. The van der Waals surface area contributed by atoms with Gasteiger partial charge in [-0.25, -0.2) is 13.1 Å². The van der Waals surface area contributed by atoms with Crippen molar-refractivity contribution in [3.63, 3.8) is 0 Å². The van der Waals surface area contributed by atoms with Crippen molar-refractivity contribution < 1.29 is 12.8 Å². The summed E-state index contributed by atoms with van der Waals surface area (Å²) in [4.78, 5) is 1.15. The molecule has 2 aromatic heterocycles. The third-order valence-corrected chi connectivity index (χ3v) is 5.06. The molecule has 5 nitrogen and oxygen atoms in total. The number of hydrogen-bond donors (Lipinski definition) is 2. The quantitative estimate of drug-likeness (QED) is 0.819. The molecule has 0 radical (unpaired) electrons. The lowest BCUT2D eigenvalue weighted by atomic mass is 10.2. The van der Waals surface area contributed by atoms with Gasteiger partial charge in [-0.2, -0.15) is 0 Å². The van der Waals surface area contributed by atoms with Crippen LogP contribution in [0.5, 0.6) is 0 Å². The second-order valence-electron chi connectivity index (χ2n) is 4.56. The largest absolute Gasteiger partial charge is 0.447 e. The molecule has 0 aliphatic rings. The fraction of sp³-hybridized carbons (Fsp3) is 0.385. The van der Waals surface area contributed by atoms with Crippen molar-refractivity contribution in [1.82, 2.24) is 10.0 Å². The Hall–Kier alpha value is -1.15. The fourth-order valence-electron chi connectivity index (χ4n) is 1.87. The first-order valence-electron chi connectivity index (χ1n) is 6.29. The maximum atomic E-state index is 12.2. The average molecular weight is 314 g/mol. The third-order valence-electron chi connectivity index (χ3n) is 2.70. The zero-order valence-corrected chi connectivity index (χ0v) is 13.1. The van der Waals surface area contributed by atoms with E-state index in [9.17, 15) is 8.42 Å². The third kappa shape index (κ3) is 3.92. The van der Waals surface area contributed by atoms with Gasteiger partial charge in [0.1, 0.15) is 5.76 Å². The van der Waals surface area contributed by atoms with E-state index >= 15 is 0 Å². The molecule has 2 N–H and O–H groups in total. The highest BCUT2D eigenvalue weighted by Crippen LogP contribution is 2.16. The van der Waals surface area contributed by atoms with Crippen LogP contribution >= 0.6 is 11.3 Å². The fourth-order valence-corrected chi connectivity index (χ4v) is 3.90. The molecule has 7 heteroatoms. The monoisotopic (exact) mass is 314 g/mol. The minimum atomic E-state index is -3.60. The zero-order valence-electron chi connectivity index (χ0n) is 11.4. The van der Waals surface area contributed by atoms with Crippen LogP contribution in [0.15, 0.2) is 39.2 Å². The molecule has 0 aliphatic carbocycles. The van der Waals surface area contributed by atoms with Crippen LogP contribution in [0, 0.1) is 0 Å². The van der Waals surface area contributed by atoms with Crippen LogP contribution in [0.1, 0.15) is 17.6 Å². The Morgan fingerprint density at radius 1 is 1.35 bits per heavy atom. The van der Waals surface area contributed by atoms with E-state index in [0.717, 1.165) is 4.88 Å². The van der Waals surface area contributed by atoms with Gasteiger partial charge in [0.2, 0.25) is 5.09 Å². The lowest BCUT2D eigenvalue weighted by molar-refractivity contribution is 0.402. The highest BCUT2D eigenvalue weighted by atomic mass is 32.2. The Bertz CT molecular complexity index is 632. The van der Waals surface area contributed by atoms with Crippen molar-refractivity contribution in [3.05, 3.63) is 40.3 Å². The van der Waals surface area contributed by atoms with Gasteiger partial charge in [0.05, 0.1) is 6.54 Å². The summed E-state index contributed by atoms with van der Waals surface area (Å²) < 4.78 is 32.3. The van der Waals surface area contributed by atoms with Gasteiger partial charge in [0.15, 0.2) is 0 Å². The normalized spacial score (nSPS) is 13.5. The van der Waals surface area contributed by atoms with E-state index in [-0.39, 0.29) is 11.1 Å². The van der Waals surface area contributed by atoms with Gasteiger partial charge in [-0.1, -0.05) is 6.07 Å². The average Bonchev–Trinajstić information content (AvgIpc) is 3.00. The van der Waals surface area contributed by atoms with E-state index in [1.54, 1.807) is 24.5 Å². The molecular formula is C13H18N2O3S2. The van der Waals surface area contributed by atoms with Gasteiger partial charge < -0.3 is 9.73 Å². The predicted molar refractivity (Wildman–Crippen MR) is 79.3 cm³/mol. The van der Waals surface area contributed by atoms with Gasteiger partial charge in [0, 0.05) is 10.9 Å². The van der Waals surface area contributed by atoms with Crippen LogP contribution in [-0.4, -0.2) is 21.5 Å². The van der Waals surface area contributed by atoms with Crippen LogP contribution in [-0.2, 0) is 23.0 Å². The van der Waals surface area contributed by atoms with Gasteiger partial charge in [-0.15, -0.1) is 11.3 Å². The van der Waals surface area contributed by atoms with Crippen LogP contribution in [0.2, 0.25) is 0 Å². The van der Waals surface area contributed by atoms with Crippen molar-refractivity contribution >= 4 is 21.4 Å². The van der Waals surface area contributed by atoms with Gasteiger partial charge >= 0.3 is 0 Å². The summed E-state index contributed by atoms with van der Waals surface area (Å²) in [6.07, 6.45) is 0.668. The highest BCUT2D eigenvalue weighted by molar-refractivity contribution is 7.89. The molecule has 2 heterocycles. The van der Waals surface area contributed by atoms with Crippen LogP contribution in [0.3, 0.4) is 0 Å². The molecule has 0 amide bonds. The van der Waals surface area contributed by atoms with Crippen molar-refractivity contribution in [2.45, 2.75) is 31.0 Å². The van der Waals surface area contributed by atoms with E-state index in [1.807, 2.05) is 24.4 Å². The van der Waals surface area contributed by atoms with Crippen LogP contribution in [0.25, 0.3) is 0 Å². The van der Waals surface area contributed by atoms with E-state index in [1.165, 1.54) is 6.07 Å². The van der Waals surface area contributed by atoms with Gasteiger partial charge in [-0.05, 0) is 44.0 Å². The number of sulfonamides is 1. The molecule has 2 aromatic rings. The first kappa shape index (κ1) is 15.2. The summed E-state index contributed by atoms with van der Waals surface area (Å²) in [5.74, 6) is 0.596. The summed E-state index contributed by atoms with van der Waals surface area (Å²) in [5.41, 5.74) is 0. The Morgan fingerprint density at radius 2 is 2.15 bits per heavy atom. The summed E-state index contributed by atoms with van der Waals surface area (Å²) in [6.45, 7) is 2.34. The highest BCUT2D eigenvalue weighted by Gasteiger charge is 2.21. The summed E-state index contributed by atoms with van der Waals surface area (Å²) in [5, 5.41) is 4.85. The molecule has 0 bridgehead atoms. The molecule has 0 spiro atoms. The molecule has 2 rings (SSSR count). The van der Waals surface area contributed by atoms with Crippen LogP contribution in [0.4, 0.5) is 0 Å². The zero-order chi connectivity index (χ0) is 14.6. The molecule has 1 atom stereocenters. The summed E-state index contributed by atoms with van der Waals surface area (Å²) in [6, 6.07) is 6.91. The second-order valence-corrected chi connectivity index (χ2v) is 7.23. The van der Waals surface area contributed by atoms with Crippen molar-refractivity contribution in [3.8, 4) is 0 Å². The van der Waals surface area contributed by atoms with E-state index in [2.05, 4.69) is 10.0 Å². The Balaban J connectivity index is 2.02. The molecule has 0 fully saturated rings. The summed E-state index contributed by atoms with van der Waals surface area (Å²) in [7, 11) is -1.82. The lowest BCUT2D eigenvalue weighted by Gasteiger charge is -2.11. The van der Waals surface area contributed by atoms with Crippen molar-refractivity contribution in [2.24, 2.45) is 0 Å². The first-order valence-corrected chi connectivity index (χ1v) is 8.65. The smallest absolute Gasteiger partial charge is 0.274 e. The van der Waals surface area contributed by atoms with E-state index in [0.29, 0.717) is 18.7 Å². The molecule has 0 aromatic carbocycles. The predicted octanol–water partition coefficient (Wildman–Crippen LogP) is 1.97. The van der Waals surface area contributed by atoms with E-state index < -0.39 is 10.0 Å². The Morgan fingerprint density at radius 3 is 2.80 bits per heavy atom. The molecule has 20 heavy (non-hydrogen) atoms. The molecule has 0 aliphatic heterocycles. The second kappa shape index (κ2) is 6.53. The Kier molecular flexibility index (Phi) is 4.98. The minimum Gasteiger partial charge on any atom is -0.447 e. The number of nitrogens with one attached hydrogen (secondary N) is 2. The maximum absolute atomic E-state index is 12.2. The number of furan rings is 1.